The number of carbonyl (C=O) groups excluding carboxylic acids is 2. The summed E-state index contributed by atoms with van der Waals surface area (Å²) in [5.74, 6) is -0.909. The average molecular weight is 290 g/mol. The van der Waals surface area contributed by atoms with Gasteiger partial charge in [0, 0.05) is 5.57 Å². The maximum atomic E-state index is 12.0. The molecule has 0 fully saturated rings. The lowest BCUT2D eigenvalue weighted by Crippen LogP contribution is -2.13. The van der Waals surface area contributed by atoms with E-state index in [1.54, 1.807) is 19.9 Å². The van der Waals surface area contributed by atoms with Crippen LogP contribution in [0, 0.1) is 13.8 Å². The molecule has 0 spiro atoms. The fraction of sp³-hybridized carbons (Fsp3) is 0.412. The zero-order valence-electron chi connectivity index (χ0n) is 13.1. The summed E-state index contributed by atoms with van der Waals surface area (Å²) >= 11 is 0. The number of hydrogen-bond donors (Lipinski definition) is 0. The molecule has 0 N–H and O–H groups in total. The number of esters is 2. The Morgan fingerprint density at radius 1 is 1.10 bits per heavy atom. The first-order valence-electron chi connectivity index (χ1n) is 7.08. The van der Waals surface area contributed by atoms with E-state index in [4.69, 9.17) is 9.47 Å². The summed E-state index contributed by atoms with van der Waals surface area (Å²) < 4.78 is 9.92. The van der Waals surface area contributed by atoms with Crippen molar-refractivity contribution < 1.29 is 19.1 Å². The maximum absolute atomic E-state index is 12.0. The number of carbonyl (C=O) groups is 2. The molecule has 1 rings (SSSR count). The van der Waals surface area contributed by atoms with Gasteiger partial charge in [0.05, 0.1) is 19.6 Å². The number of ether oxygens (including phenoxy) is 2. The molecule has 0 aliphatic rings. The van der Waals surface area contributed by atoms with Crippen LogP contribution in [0.3, 0.4) is 0 Å². The van der Waals surface area contributed by atoms with Gasteiger partial charge < -0.3 is 9.47 Å². The molecule has 0 radical (unpaired) electrons. The standard InChI is InChI=1S/C17H22O4/c1-5-20-16(18)11-15(17(19)21-6-2)10-14-9-12(3)7-8-13(14)4/h7-10H,5-6,11H2,1-4H3/b15-10+. The number of rotatable bonds is 6. The summed E-state index contributed by atoms with van der Waals surface area (Å²) in [5.41, 5.74) is 3.34. The van der Waals surface area contributed by atoms with Crippen LogP contribution >= 0.6 is 0 Å². The molecule has 0 bridgehead atoms. The van der Waals surface area contributed by atoms with Crippen LogP contribution in [0.2, 0.25) is 0 Å². The molecule has 4 heteroatoms. The molecule has 4 nitrogen and oxygen atoms in total. The van der Waals surface area contributed by atoms with E-state index in [-0.39, 0.29) is 13.0 Å². The highest BCUT2D eigenvalue weighted by Gasteiger charge is 2.16. The molecule has 0 unspecified atom stereocenters. The molecule has 0 saturated carbocycles. The second-order valence-electron chi connectivity index (χ2n) is 4.73. The number of aryl methyl sites for hydroxylation is 2. The van der Waals surface area contributed by atoms with Gasteiger partial charge in [-0.3, -0.25) is 4.79 Å². The molecule has 0 aliphatic carbocycles. The van der Waals surface area contributed by atoms with Gasteiger partial charge in [0.2, 0.25) is 0 Å². The molecule has 0 aliphatic heterocycles. The summed E-state index contributed by atoms with van der Waals surface area (Å²) in [6.07, 6.45) is 1.62. The van der Waals surface area contributed by atoms with Crippen LogP contribution in [-0.2, 0) is 19.1 Å². The maximum Gasteiger partial charge on any atom is 0.334 e. The highest BCUT2D eigenvalue weighted by atomic mass is 16.5. The highest BCUT2D eigenvalue weighted by Crippen LogP contribution is 2.17. The van der Waals surface area contributed by atoms with Gasteiger partial charge in [-0.1, -0.05) is 23.8 Å². The summed E-state index contributed by atoms with van der Waals surface area (Å²) in [6.45, 7) is 7.96. The van der Waals surface area contributed by atoms with Crippen LogP contribution in [0.25, 0.3) is 6.08 Å². The molecule has 0 atom stereocenters. The van der Waals surface area contributed by atoms with Crippen LogP contribution in [0.4, 0.5) is 0 Å². The van der Waals surface area contributed by atoms with E-state index in [1.807, 2.05) is 32.0 Å². The lowest BCUT2D eigenvalue weighted by Gasteiger charge is -2.09. The van der Waals surface area contributed by atoms with Gasteiger partial charge in [-0.2, -0.15) is 0 Å². The fourth-order valence-corrected chi connectivity index (χ4v) is 1.88. The molecule has 0 amide bonds. The van der Waals surface area contributed by atoms with Gasteiger partial charge in [-0.05, 0) is 44.9 Å². The minimum absolute atomic E-state index is 0.0833. The number of benzene rings is 1. The minimum Gasteiger partial charge on any atom is -0.466 e. The Morgan fingerprint density at radius 3 is 2.38 bits per heavy atom. The Labute approximate surface area is 125 Å². The average Bonchev–Trinajstić information content (AvgIpc) is 2.42. The smallest absolute Gasteiger partial charge is 0.334 e. The molecule has 21 heavy (non-hydrogen) atoms. The highest BCUT2D eigenvalue weighted by molar-refractivity contribution is 5.98. The van der Waals surface area contributed by atoms with Crippen molar-refractivity contribution >= 4 is 18.0 Å². The lowest BCUT2D eigenvalue weighted by atomic mass is 10.0. The van der Waals surface area contributed by atoms with E-state index >= 15 is 0 Å². The van der Waals surface area contributed by atoms with E-state index in [9.17, 15) is 9.59 Å². The first-order valence-corrected chi connectivity index (χ1v) is 7.08. The Kier molecular flexibility index (Phi) is 6.66. The lowest BCUT2D eigenvalue weighted by molar-refractivity contribution is -0.145. The van der Waals surface area contributed by atoms with Gasteiger partial charge in [0.1, 0.15) is 0 Å². The summed E-state index contributed by atoms with van der Waals surface area (Å²) in [6, 6.07) is 5.95. The Hall–Kier alpha value is -2.10. The minimum atomic E-state index is -0.480. The zero-order chi connectivity index (χ0) is 15.8. The van der Waals surface area contributed by atoms with Crippen molar-refractivity contribution in [2.24, 2.45) is 0 Å². The van der Waals surface area contributed by atoms with Crippen molar-refractivity contribution in [3.8, 4) is 0 Å². The summed E-state index contributed by atoms with van der Waals surface area (Å²) in [7, 11) is 0. The molecular weight excluding hydrogens is 268 g/mol. The third-order valence-electron chi connectivity index (χ3n) is 2.94. The third kappa shape index (κ3) is 5.42. The molecule has 114 valence electrons. The monoisotopic (exact) mass is 290 g/mol. The van der Waals surface area contributed by atoms with Crippen molar-refractivity contribution in [3.63, 3.8) is 0 Å². The first-order chi connectivity index (χ1) is 9.97. The quantitative estimate of drug-likeness (QED) is 0.596. The van der Waals surface area contributed by atoms with Crippen molar-refractivity contribution in [2.45, 2.75) is 34.1 Å². The van der Waals surface area contributed by atoms with E-state index < -0.39 is 11.9 Å². The first kappa shape index (κ1) is 17.0. The van der Waals surface area contributed by atoms with Gasteiger partial charge in [0.25, 0.3) is 0 Å². The Bertz CT molecular complexity index is 544. The zero-order valence-corrected chi connectivity index (χ0v) is 13.1. The second-order valence-corrected chi connectivity index (χ2v) is 4.73. The van der Waals surface area contributed by atoms with Crippen LogP contribution < -0.4 is 0 Å². The predicted octanol–water partition coefficient (Wildman–Crippen LogP) is 3.20. The molecular formula is C17H22O4. The topological polar surface area (TPSA) is 52.6 Å². The normalized spacial score (nSPS) is 11.1. The Balaban J connectivity index is 3.09. The van der Waals surface area contributed by atoms with Gasteiger partial charge >= 0.3 is 11.9 Å². The van der Waals surface area contributed by atoms with Gasteiger partial charge in [-0.15, -0.1) is 0 Å². The summed E-state index contributed by atoms with van der Waals surface area (Å²) in [5, 5.41) is 0. The van der Waals surface area contributed by atoms with Crippen LogP contribution in [-0.4, -0.2) is 25.2 Å². The van der Waals surface area contributed by atoms with Crippen LogP contribution in [0.15, 0.2) is 23.8 Å². The van der Waals surface area contributed by atoms with Gasteiger partial charge in [-0.25, -0.2) is 4.79 Å². The Morgan fingerprint density at radius 2 is 1.76 bits per heavy atom. The van der Waals surface area contributed by atoms with Crippen LogP contribution in [0.5, 0.6) is 0 Å². The van der Waals surface area contributed by atoms with Crippen molar-refractivity contribution in [1.29, 1.82) is 0 Å². The van der Waals surface area contributed by atoms with Crippen molar-refractivity contribution in [2.75, 3.05) is 13.2 Å². The molecule has 0 aromatic heterocycles. The number of hydrogen-bond acceptors (Lipinski definition) is 4. The summed E-state index contributed by atoms with van der Waals surface area (Å²) in [4.78, 5) is 23.6. The SMILES string of the molecule is CCOC(=O)C/C(=C\c1cc(C)ccc1C)C(=O)OCC. The molecule has 0 saturated heterocycles. The van der Waals surface area contributed by atoms with E-state index in [0.29, 0.717) is 12.2 Å². The van der Waals surface area contributed by atoms with E-state index in [2.05, 4.69) is 0 Å². The van der Waals surface area contributed by atoms with Crippen molar-refractivity contribution in [3.05, 3.63) is 40.5 Å². The predicted molar refractivity (Wildman–Crippen MR) is 81.8 cm³/mol. The van der Waals surface area contributed by atoms with Crippen molar-refractivity contribution in [1.82, 2.24) is 0 Å². The van der Waals surface area contributed by atoms with E-state index in [0.717, 1.165) is 16.7 Å². The van der Waals surface area contributed by atoms with Crippen LogP contribution in [0.1, 0.15) is 37.0 Å². The fourth-order valence-electron chi connectivity index (χ4n) is 1.88. The molecule has 0 heterocycles. The molecule has 1 aromatic carbocycles. The third-order valence-corrected chi connectivity index (χ3v) is 2.94. The second kappa shape index (κ2) is 8.25. The largest absolute Gasteiger partial charge is 0.466 e. The van der Waals surface area contributed by atoms with Gasteiger partial charge in [0.15, 0.2) is 0 Å². The van der Waals surface area contributed by atoms with E-state index in [1.165, 1.54) is 0 Å². The molecule has 1 aromatic rings.